The molecule has 0 aromatic heterocycles. The van der Waals surface area contributed by atoms with Gasteiger partial charge in [0, 0.05) is 21.2 Å². The van der Waals surface area contributed by atoms with Crippen LogP contribution < -0.4 is 5.32 Å². The molecule has 1 aromatic carbocycles. The van der Waals surface area contributed by atoms with E-state index in [9.17, 15) is 0 Å². The first-order chi connectivity index (χ1) is 8.08. The van der Waals surface area contributed by atoms with Gasteiger partial charge in [-0.25, -0.2) is 0 Å². The van der Waals surface area contributed by atoms with E-state index in [4.69, 9.17) is 0 Å². The Morgan fingerprint density at radius 3 is 2.71 bits per heavy atom. The van der Waals surface area contributed by atoms with E-state index in [1.807, 2.05) is 11.8 Å². The third-order valence-corrected chi connectivity index (χ3v) is 4.05. The molecule has 0 fully saturated rings. The summed E-state index contributed by atoms with van der Waals surface area (Å²) in [4.78, 5) is 1.33. The molecule has 0 aliphatic rings. The second kappa shape index (κ2) is 8.17. The first kappa shape index (κ1) is 15.1. The predicted octanol–water partition coefficient (Wildman–Crippen LogP) is 4.57. The lowest BCUT2D eigenvalue weighted by Crippen LogP contribution is -2.24. The lowest BCUT2D eigenvalue weighted by molar-refractivity contribution is 0.539. The van der Waals surface area contributed by atoms with Crippen LogP contribution in [-0.2, 0) is 0 Å². The van der Waals surface area contributed by atoms with Crippen molar-refractivity contribution >= 4 is 27.7 Å². The fraction of sp³-hybridized carbons (Fsp3) is 0.571. The number of hydrogen-bond acceptors (Lipinski definition) is 2. The summed E-state index contributed by atoms with van der Waals surface area (Å²) in [6, 6.07) is 8.50. The lowest BCUT2D eigenvalue weighted by atomic mass is 10.1. The lowest BCUT2D eigenvalue weighted by Gasteiger charge is -2.13. The van der Waals surface area contributed by atoms with Gasteiger partial charge >= 0.3 is 0 Å². The first-order valence-corrected chi connectivity index (χ1v) is 7.88. The molecule has 0 radical (unpaired) electrons. The Balaban J connectivity index is 2.23. The Hall–Kier alpha value is 0.01000. The molecule has 1 rings (SSSR count). The van der Waals surface area contributed by atoms with Gasteiger partial charge in [-0.1, -0.05) is 42.8 Å². The standard InChI is InChI=1S/C14H22BrNS/c1-11(2)7-8-16-10-12(3)17-14-6-4-5-13(15)9-14/h4-6,9,11-12,16H,7-8,10H2,1-3H3. The molecule has 0 bridgehead atoms. The third kappa shape index (κ3) is 7.12. The van der Waals surface area contributed by atoms with Crippen LogP contribution in [0.3, 0.4) is 0 Å². The molecular weight excluding hydrogens is 294 g/mol. The smallest absolute Gasteiger partial charge is 0.0191 e. The van der Waals surface area contributed by atoms with Gasteiger partial charge in [-0.3, -0.25) is 0 Å². The zero-order valence-electron chi connectivity index (χ0n) is 10.9. The summed E-state index contributed by atoms with van der Waals surface area (Å²) < 4.78 is 1.16. The van der Waals surface area contributed by atoms with Crippen LogP contribution >= 0.6 is 27.7 Å². The van der Waals surface area contributed by atoms with Gasteiger partial charge in [0.2, 0.25) is 0 Å². The van der Waals surface area contributed by atoms with E-state index < -0.39 is 0 Å². The Bertz CT molecular complexity index is 328. The van der Waals surface area contributed by atoms with Crippen molar-refractivity contribution in [2.45, 2.75) is 37.3 Å². The fourth-order valence-electron chi connectivity index (χ4n) is 1.51. The van der Waals surface area contributed by atoms with E-state index in [-0.39, 0.29) is 0 Å². The first-order valence-electron chi connectivity index (χ1n) is 6.21. The van der Waals surface area contributed by atoms with Crippen LogP contribution in [0.2, 0.25) is 0 Å². The van der Waals surface area contributed by atoms with Gasteiger partial charge in [0.05, 0.1) is 0 Å². The molecule has 0 amide bonds. The highest BCUT2D eigenvalue weighted by Crippen LogP contribution is 2.25. The van der Waals surface area contributed by atoms with Gasteiger partial charge in [0.1, 0.15) is 0 Å². The third-order valence-electron chi connectivity index (χ3n) is 2.46. The normalized spacial score (nSPS) is 13.0. The SMILES string of the molecule is CC(C)CCNCC(C)Sc1cccc(Br)c1. The van der Waals surface area contributed by atoms with Crippen molar-refractivity contribution in [3.63, 3.8) is 0 Å². The molecule has 0 aliphatic heterocycles. The topological polar surface area (TPSA) is 12.0 Å². The molecule has 1 atom stereocenters. The molecule has 1 N–H and O–H groups in total. The van der Waals surface area contributed by atoms with Crippen molar-refractivity contribution in [2.75, 3.05) is 13.1 Å². The number of hydrogen-bond donors (Lipinski definition) is 1. The average molecular weight is 316 g/mol. The molecule has 0 aliphatic carbocycles. The van der Waals surface area contributed by atoms with Gasteiger partial charge in [-0.15, -0.1) is 11.8 Å². The largest absolute Gasteiger partial charge is 0.316 e. The van der Waals surface area contributed by atoms with Crippen LogP contribution in [0.1, 0.15) is 27.2 Å². The van der Waals surface area contributed by atoms with E-state index in [1.54, 1.807) is 0 Å². The van der Waals surface area contributed by atoms with Crippen molar-refractivity contribution in [3.8, 4) is 0 Å². The summed E-state index contributed by atoms with van der Waals surface area (Å²) in [5.74, 6) is 0.788. The molecule has 17 heavy (non-hydrogen) atoms. The number of benzene rings is 1. The summed E-state index contributed by atoms with van der Waals surface area (Å²) in [6.45, 7) is 9.00. The molecule has 0 spiro atoms. The highest BCUT2D eigenvalue weighted by molar-refractivity contribution is 9.10. The van der Waals surface area contributed by atoms with Gasteiger partial charge in [0.15, 0.2) is 0 Å². The van der Waals surface area contributed by atoms with Crippen LogP contribution in [0, 0.1) is 5.92 Å². The van der Waals surface area contributed by atoms with E-state index in [0.717, 1.165) is 23.5 Å². The Morgan fingerprint density at radius 1 is 1.29 bits per heavy atom. The quantitative estimate of drug-likeness (QED) is 0.584. The van der Waals surface area contributed by atoms with Gasteiger partial charge in [0.25, 0.3) is 0 Å². The maximum atomic E-state index is 3.52. The van der Waals surface area contributed by atoms with Crippen LogP contribution in [0.5, 0.6) is 0 Å². The molecular formula is C14H22BrNS. The van der Waals surface area contributed by atoms with Gasteiger partial charge in [-0.2, -0.15) is 0 Å². The second-order valence-electron chi connectivity index (χ2n) is 4.77. The average Bonchev–Trinajstić information content (AvgIpc) is 2.24. The van der Waals surface area contributed by atoms with Crippen molar-refractivity contribution in [1.29, 1.82) is 0 Å². The molecule has 0 saturated heterocycles. The maximum absolute atomic E-state index is 3.52. The molecule has 3 heteroatoms. The molecule has 1 unspecified atom stereocenters. The van der Waals surface area contributed by atoms with Crippen LogP contribution in [0.15, 0.2) is 33.6 Å². The zero-order chi connectivity index (χ0) is 12.7. The summed E-state index contributed by atoms with van der Waals surface area (Å²) >= 11 is 5.43. The Morgan fingerprint density at radius 2 is 2.06 bits per heavy atom. The van der Waals surface area contributed by atoms with Crippen molar-refractivity contribution in [1.82, 2.24) is 5.32 Å². The number of halogens is 1. The van der Waals surface area contributed by atoms with E-state index in [0.29, 0.717) is 5.25 Å². The second-order valence-corrected chi connectivity index (χ2v) is 7.20. The fourth-order valence-corrected chi connectivity index (χ4v) is 3.08. The van der Waals surface area contributed by atoms with E-state index in [2.05, 4.69) is 66.3 Å². The van der Waals surface area contributed by atoms with Crippen molar-refractivity contribution < 1.29 is 0 Å². The van der Waals surface area contributed by atoms with Crippen molar-refractivity contribution in [3.05, 3.63) is 28.7 Å². The molecule has 96 valence electrons. The summed E-state index contributed by atoms with van der Waals surface area (Å²) in [5.41, 5.74) is 0. The number of nitrogens with one attached hydrogen (secondary N) is 1. The van der Waals surface area contributed by atoms with Crippen LogP contribution in [0.4, 0.5) is 0 Å². The zero-order valence-corrected chi connectivity index (χ0v) is 13.3. The molecule has 1 nitrogen and oxygen atoms in total. The highest BCUT2D eigenvalue weighted by Gasteiger charge is 2.04. The van der Waals surface area contributed by atoms with Crippen molar-refractivity contribution in [2.24, 2.45) is 5.92 Å². The summed E-state index contributed by atoms with van der Waals surface area (Å²) in [5, 5.41) is 4.13. The minimum atomic E-state index is 0.608. The van der Waals surface area contributed by atoms with E-state index in [1.165, 1.54) is 11.3 Å². The predicted molar refractivity (Wildman–Crippen MR) is 81.8 cm³/mol. The summed E-state index contributed by atoms with van der Waals surface area (Å²) in [7, 11) is 0. The number of thioether (sulfide) groups is 1. The Labute approximate surface area is 118 Å². The number of rotatable bonds is 7. The van der Waals surface area contributed by atoms with E-state index >= 15 is 0 Å². The van der Waals surface area contributed by atoms with Gasteiger partial charge in [-0.05, 0) is 37.1 Å². The summed E-state index contributed by atoms with van der Waals surface area (Å²) in [6.07, 6.45) is 1.26. The van der Waals surface area contributed by atoms with Gasteiger partial charge < -0.3 is 5.32 Å². The maximum Gasteiger partial charge on any atom is 0.0191 e. The van der Waals surface area contributed by atoms with Crippen LogP contribution in [0.25, 0.3) is 0 Å². The Kier molecular flexibility index (Phi) is 7.24. The molecule has 0 saturated carbocycles. The highest BCUT2D eigenvalue weighted by atomic mass is 79.9. The minimum absolute atomic E-state index is 0.608. The molecule has 0 heterocycles. The minimum Gasteiger partial charge on any atom is -0.316 e. The monoisotopic (exact) mass is 315 g/mol. The molecule has 1 aromatic rings. The van der Waals surface area contributed by atoms with Crippen LogP contribution in [-0.4, -0.2) is 18.3 Å².